The summed E-state index contributed by atoms with van der Waals surface area (Å²) < 4.78 is 11.9. The Morgan fingerprint density at radius 1 is 1.56 bits per heavy atom. The van der Waals surface area contributed by atoms with Crippen molar-refractivity contribution in [2.24, 2.45) is 5.73 Å². The van der Waals surface area contributed by atoms with Crippen LogP contribution in [0.15, 0.2) is 29.2 Å². The zero-order valence-corrected chi connectivity index (χ0v) is 10.0. The van der Waals surface area contributed by atoms with Gasteiger partial charge in [0.05, 0.1) is 10.8 Å². The van der Waals surface area contributed by atoms with Gasteiger partial charge in [0.2, 0.25) is 0 Å². The molecule has 1 rings (SSSR count). The fourth-order valence-corrected chi connectivity index (χ4v) is 2.80. The monoisotopic (exact) mass is 261 g/mol. The Labute approximate surface area is 101 Å². The molecule has 2 atom stereocenters. The quantitative estimate of drug-likeness (QED) is 0.836. The second kappa shape index (κ2) is 5.98. The Bertz CT molecular complexity index is 411. The van der Waals surface area contributed by atoms with Crippen molar-refractivity contribution in [2.45, 2.75) is 16.6 Å². The van der Waals surface area contributed by atoms with E-state index in [0.29, 0.717) is 9.92 Å². The van der Waals surface area contributed by atoms with Crippen LogP contribution < -0.4 is 5.73 Å². The SMILES string of the molecule is NCCC(C(=O)O)S(=O)c1cccc(Cl)c1. The lowest BCUT2D eigenvalue weighted by atomic mass is 10.3. The predicted octanol–water partition coefficient (Wildman–Crippen LogP) is 1.25. The van der Waals surface area contributed by atoms with E-state index in [1.54, 1.807) is 18.2 Å². The van der Waals surface area contributed by atoms with Crippen LogP contribution >= 0.6 is 11.6 Å². The molecule has 0 radical (unpaired) electrons. The predicted molar refractivity (Wildman–Crippen MR) is 63.0 cm³/mol. The van der Waals surface area contributed by atoms with Crippen LogP contribution in [0.2, 0.25) is 5.02 Å². The number of carboxylic acids is 1. The molecule has 0 saturated carbocycles. The van der Waals surface area contributed by atoms with Gasteiger partial charge in [-0.05, 0) is 31.2 Å². The van der Waals surface area contributed by atoms with Crippen molar-refractivity contribution in [2.75, 3.05) is 6.54 Å². The second-order valence-electron chi connectivity index (χ2n) is 3.16. The van der Waals surface area contributed by atoms with Crippen molar-refractivity contribution in [1.82, 2.24) is 0 Å². The molecule has 0 aliphatic rings. The van der Waals surface area contributed by atoms with Crippen molar-refractivity contribution >= 4 is 28.4 Å². The third kappa shape index (κ3) is 3.30. The molecule has 2 unspecified atom stereocenters. The molecular weight excluding hydrogens is 250 g/mol. The van der Waals surface area contributed by atoms with E-state index in [0.717, 1.165) is 0 Å². The largest absolute Gasteiger partial charge is 0.480 e. The lowest BCUT2D eigenvalue weighted by molar-refractivity contribution is -0.136. The molecule has 0 aliphatic carbocycles. The summed E-state index contributed by atoms with van der Waals surface area (Å²) in [6, 6.07) is 6.37. The maximum Gasteiger partial charge on any atom is 0.319 e. The minimum atomic E-state index is -1.63. The molecule has 0 aliphatic heterocycles. The highest BCUT2D eigenvalue weighted by molar-refractivity contribution is 7.86. The standard InChI is InChI=1S/C10H12ClNO3S/c11-7-2-1-3-8(6-7)16(15)9(4-5-12)10(13)14/h1-3,6,9H,4-5,12H2,(H,13,14). The minimum Gasteiger partial charge on any atom is -0.480 e. The van der Waals surface area contributed by atoms with E-state index < -0.39 is 22.0 Å². The fourth-order valence-electron chi connectivity index (χ4n) is 1.23. The van der Waals surface area contributed by atoms with Crippen LogP contribution in [0.5, 0.6) is 0 Å². The minimum absolute atomic E-state index is 0.175. The van der Waals surface area contributed by atoms with Gasteiger partial charge in [-0.3, -0.25) is 9.00 Å². The lowest BCUT2D eigenvalue weighted by Crippen LogP contribution is -2.28. The Hall–Kier alpha value is -0.910. The van der Waals surface area contributed by atoms with Crippen LogP contribution in [0.4, 0.5) is 0 Å². The smallest absolute Gasteiger partial charge is 0.319 e. The second-order valence-corrected chi connectivity index (χ2v) is 5.23. The summed E-state index contributed by atoms with van der Waals surface area (Å²) in [7, 11) is -1.63. The number of benzene rings is 1. The molecule has 4 nitrogen and oxygen atoms in total. The first-order valence-electron chi connectivity index (χ1n) is 4.65. The number of halogens is 1. The number of carbonyl (C=O) groups is 1. The molecule has 0 heterocycles. The Kier molecular flexibility index (Phi) is 4.92. The number of aliphatic carboxylic acids is 1. The van der Waals surface area contributed by atoms with E-state index in [-0.39, 0.29) is 13.0 Å². The van der Waals surface area contributed by atoms with Gasteiger partial charge in [-0.2, -0.15) is 0 Å². The third-order valence-corrected chi connectivity index (χ3v) is 3.90. The molecule has 6 heteroatoms. The average Bonchev–Trinajstić information content (AvgIpc) is 2.24. The molecule has 0 amide bonds. The molecule has 16 heavy (non-hydrogen) atoms. The van der Waals surface area contributed by atoms with Crippen molar-refractivity contribution in [3.8, 4) is 0 Å². The van der Waals surface area contributed by atoms with Gasteiger partial charge in [0.15, 0.2) is 0 Å². The summed E-state index contributed by atoms with van der Waals surface area (Å²) in [5, 5.41) is 8.37. The molecule has 0 aromatic heterocycles. The summed E-state index contributed by atoms with van der Waals surface area (Å²) in [4.78, 5) is 11.3. The highest BCUT2D eigenvalue weighted by Crippen LogP contribution is 2.18. The summed E-state index contributed by atoms with van der Waals surface area (Å²) in [5.74, 6) is -1.11. The Balaban J connectivity index is 2.94. The summed E-state index contributed by atoms with van der Waals surface area (Å²) >= 11 is 5.74. The van der Waals surface area contributed by atoms with E-state index in [2.05, 4.69) is 0 Å². The molecule has 0 spiro atoms. The van der Waals surface area contributed by atoms with Crippen molar-refractivity contribution < 1.29 is 14.1 Å². The van der Waals surface area contributed by atoms with Gasteiger partial charge in [-0.25, -0.2) is 0 Å². The molecule has 1 aromatic carbocycles. The van der Waals surface area contributed by atoms with Gasteiger partial charge in [-0.15, -0.1) is 0 Å². The van der Waals surface area contributed by atoms with E-state index in [4.69, 9.17) is 22.4 Å². The summed E-state index contributed by atoms with van der Waals surface area (Å²) in [6.07, 6.45) is 0.175. The third-order valence-electron chi connectivity index (χ3n) is 1.99. The normalized spacial score (nSPS) is 14.4. The zero-order chi connectivity index (χ0) is 12.1. The topological polar surface area (TPSA) is 80.4 Å². The highest BCUT2D eigenvalue weighted by Gasteiger charge is 2.25. The molecule has 0 saturated heterocycles. The molecule has 0 bridgehead atoms. The van der Waals surface area contributed by atoms with Gasteiger partial charge in [0.25, 0.3) is 0 Å². The van der Waals surface area contributed by atoms with E-state index >= 15 is 0 Å². The first-order chi connectivity index (χ1) is 7.56. The van der Waals surface area contributed by atoms with Crippen LogP contribution in [-0.4, -0.2) is 27.1 Å². The number of carboxylic acid groups (broad SMARTS) is 1. The van der Waals surface area contributed by atoms with Gasteiger partial charge in [-0.1, -0.05) is 17.7 Å². The van der Waals surface area contributed by atoms with Gasteiger partial charge in [0.1, 0.15) is 5.25 Å². The molecule has 3 N–H and O–H groups in total. The number of hydrogen-bond acceptors (Lipinski definition) is 3. The van der Waals surface area contributed by atoms with Crippen LogP contribution in [0.25, 0.3) is 0 Å². The van der Waals surface area contributed by atoms with Crippen molar-refractivity contribution in [3.05, 3.63) is 29.3 Å². The summed E-state index contributed by atoms with van der Waals surface area (Å²) in [6.45, 7) is 0.184. The van der Waals surface area contributed by atoms with Crippen LogP contribution in [-0.2, 0) is 15.6 Å². The van der Waals surface area contributed by atoms with Crippen LogP contribution in [0.3, 0.4) is 0 Å². The van der Waals surface area contributed by atoms with Crippen molar-refractivity contribution in [3.63, 3.8) is 0 Å². The number of nitrogens with two attached hydrogens (primary N) is 1. The van der Waals surface area contributed by atoms with E-state index in [9.17, 15) is 9.00 Å². The molecule has 1 aromatic rings. The van der Waals surface area contributed by atoms with Crippen LogP contribution in [0.1, 0.15) is 6.42 Å². The average molecular weight is 262 g/mol. The maximum absolute atomic E-state index is 11.9. The number of hydrogen-bond donors (Lipinski definition) is 2. The van der Waals surface area contributed by atoms with Gasteiger partial charge in [0, 0.05) is 9.92 Å². The Morgan fingerprint density at radius 2 is 2.25 bits per heavy atom. The molecule has 0 fully saturated rings. The maximum atomic E-state index is 11.9. The lowest BCUT2D eigenvalue weighted by Gasteiger charge is -2.10. The van der Waals surface area contributed by atoms with E-state index in [1.807, 2.05) is 0 Å². The zero-order valence-electron chi connectivity index (χ0n) is 8.43. The molecular formula is C10H12ClNO3S. The Morgan fingerprint density at radius 3 is 2.75 bits per heavy atom. The highest BCUT2D eigenvalue weighted by atomic mass is 35.5. The first-order valence-corrected chi connectivity index (χ1v) is 6.24. The summed E-state index contributed by atoms with van der Waals surface area (Å²) in [5.41, 5.74) is 5.29. The first kappa shape index (κ1) is 13.2. The van der Waals surface area contributed by atoms with E-state index in [1.165, 1.54) is 6.07 Å². The number of rotatable bonds is 5. The van der Waals surface area contributed by atoms with Gasteiger partial charge < -0.3 is 10.8 Å². The van der Waals surface area contributed by atoms with Crippen molar-refractivity contribution in [1.29, 1.82) is 0 Å². The van der Waals surface area contributed by atoms with Gasteiger partial charge >= 0.3 is 5.97 Å². The molecule has 88 valence electrons. The van der Waals surface area contributed by atoms with Crippen LogP contribution in [0, 0.1) is 0 Å². The fraction of sp³-hybridized carbons (Fsp3) is 0.300.